The SMILES string of the molecule is CC#Cc1c(C(=O)OC)nc(N2CCO[C@@H](c3cnn(C)c3)C2)nc1-c1ccc(Cl)cc1F. The third-order valence-electron chi connectivity index (χ3n) is 5.16. The number of anilines is 1. The number of nitrogens with zero attached hydrogens (tertiary/aromatic N) is 5. The molecule has 4 rings (SSSR count). The molecule has 8 nitrogen and oxygen atoms in total. The molecular weight excluding hydrogens is 449 g/mol. The summed E-state index contributed by atoms with van der Waals surface area (Å²) in [5.74, 6) is 4.56. The highest BCUT2D eigenvalue weighted by atomic mass is 35.5. The minimum Gasteiger partial charge on any atom is -0.464 e. The molecule has 170 valence electrons. The smallest absolute Gasteiger partial charge is 0.358 e. The standard InChI is InChI=1S/C23H21ClFN5O3/c1-4-5-17-20(16-7-6-15(24)10-18(16)25)27-23(28-21(17)22(31)32-3)30-8-9-33-19(13-30)14-11-26-29(2)12-14/h6-7,10-12,19H,8-9,13H2,1-3H3/t19-/m1/s1. The second kappa shape index (κ2) is 9.57. The normalized spacial score (nSPS) is 15.7. The fourth-order valence-electron chi connectivity index (χ4n) is 3.59. The van der Waals surface area contributed by atoms with Crippen molar-refractivity contribution in [1.29, 1.82) is 0 Å². The molecule has 0 N–H and O–H groups in total. The first-order valence-electron chi connectivity index (χ1n) is 10.1. The number of carbonyl (C=O) groups is 1. The molecule has 0 bridgehead atoms. The zero-order valence-electron chi connectivity index (χ0n) is 18.3. The Labute approximate surface area is 195 Å². The summed E-state index contributed by atoms with van der Waals surface area (Å²) in [6, 6.07) is 4.24. The van der Waals surface area contributed by atoms with Crippen LogP contribution in [0.1, 0.15) is 34.6 Å². The number of aromatic nitrogens is 4. The summed E-state index contributed by atoms with van der Waals surface area (Å²) in [5, 5.41) is 4.44. The van der Waals surface area contributed by atoms with E-state index < -0.39 is 11.8 Å². The van der Waals surface area contributed by atoms with Gasteiger partial charge in [-0.2, -0.15) is 5.10 Å². The van der Waals surface area contributed by atoms with Crippen LogP contribution in [0.5, 0.6) is 0 Å². The van der Waals surface area contributed by atoms with Gasteiger partial charge in [-0.25, -0.2) is 19.2 Å². The number of hydrogen-bond donors (Lipinski definition) is 0. The van der Waals surface area contributed by atoms with Gasteiger partial charge in [-0.1, -0.05) is 17.5 Å². The van der Waals surface area contributed by atoms with Gasteiger partial charge in [0.25, 0.3) is 0 Å². The molecule has 0 aliphatic carbocycles. The van der Waals surface area contributed by atoms with Gasteiger partial charge in [-0.15, -0.1) is 5.92 Å². The summed E-state index contributed by atoms with van der Waals surface area (Å²) in [7, 11) is 3.08. The van der Waals surface area contributed by atoms with E-state index >= 15 is 0 Å². The topological polar surface area (TPSA) is 82.4 Å². The quantitative estimate of drug-likeness (QED) is 0.427. The van der Waals surface area contributed by atoms with Crippen molar-refractivity contribution in [2.24, 2.45) is 7.05 Å². The molecule has 1 aliphatic rings. The first-order chi connectivity index (χ1) is 15.9. The summed E-state index contributed by atoms with van der Waals surface area (Å²) in [4.78, 5) is 23.6. The number of morpholine rings is 1. The number of aryl methyl sites for hydroxylation is 1. The maximum Gasteiger partial charge on any atom is 0.358 e. The summed E-state index contributed by atoms with van der Waals surface area (Å²) >= 11 is 5.93. The van der Waals surface area contributed by atoms with Crippen LogP contribution in [-0.2, 0) is 16.5 Å². The van der Waals surface area contributed by atoms with Gasteiger partial charge >= 0.3 is 5.97 Å². The van der Waals surface area contributed by atoms with Gasteiger partial charge in [0, 0.05) is 35.9 Å². The lowest BCUT2D eigenvalue weighted by molar-refractivity contribution is 0.0391. The highest BCUT2D eigenvalue weighted by Crippen LogP contribution is 2.31. The lowest BCUT2D eigenvalue weighted by Crippen LogP contribution is -2.39. The molecule has 33 heavy (non-hydrogen) atoms. The molecule has 1 saturated heterocycles. The van der Waals surface area contributed by atoms with E-state index in [1.165, 1.54) is 19.2 Å². The highest BCUT2D eigenvalue weighted by molar-refractivity contribution is 6.30. The van der Waals surface area contributed by atoms with E-state index in [2.05, 4.69) is 26.9 Å². The van der Waals surface area contributed by atoms with Crippen molar-refractivity contribution in [2.45, 2.75) is 13.0 Å². The highest BCUT2D eigenvalue weighted by Gasteiger charge is 2.29. The number of hydrogen-bond acceptors (Lipinski definition) is 7. The van der Waals surface area contributed by atoms with Crippen LogP contribution < -0.4 is 4.90 Å². The van der Waals surface area contributed by atoms with Crippen LogP contribution in [0.3, 0.4) is 0 Å². The molecule has 1 aromatic carbocycles. The Morgan fingerprint density at radius 2 is 2.18 bits per heavy atom. The van der Waals surface area contributed by atoms with E-state index in [0.29, 0.717) is 19.7 Å². The molecule has 0 unspecified atom stereocenters. The van der Waals surface area contributed by atoms with Crippen molar-refractivity contribution < 1.29 is 18.7 Å². The molecule has 0 amide bonds. The largest absolute Gasteiger partial charge is 0.464 e. The second-order valence-corrected chi connectivity index (χ2v) is 7.78. The third kappa shape index (κ3) is 4.67. The van der Waals surface area contributed by atoms with Crippen molar-refractivity contribution >= 4 is 23.5 Å². The molecule has 1 fully saturated rings. The van der Waals surface area contributed by atoms with Crippen molar-refractivity contribution in [1.82, 2.24) is 19.7 Å². The average Bonchev–Trinajstić information content (AvgIpc) is 3.25. The molecule has 0 saturated carbocycles. The van der Waals surface area contributed by atoms with Crippen LogP contribution in [0.2, 0.25) is 5.02 Å². The molecule has 1 aliphatic heterocycles. The molecule has 3 aromatic rings. The number of ether oxygens (including phenoxy) is 2. The summed E-state index contributed by atoms with van der Waals surface area (Å²) in [6.45, 7) is 2.93. The third-order valence-corrected chi connectivity index (χ3v) is 5.39. The van der Waals surface area contributed by atoms with Gasteiger partial charge in [0.1, 0.15) is 11.9 Å². The van der Waals surface area contributed by atoms with Crippen molar-refractivity contribution in [2.75, 3.05) is 31.7 Å². The molecule has 3 heterocycles. The molecule has 0 spiro atoms. The van der Waals surface area contributed by atoms with Gasteiger partial charge < -0.3 is 14.4 Å². The van der Waals surface area contributed by atoms with Crippen LogP contribution in [-0.4, -0.2) is 52.5 Å². The molecule has 2 aromatic heterocycles. The first kappa shape index (κ1) is 22.7. The number of benzene rings is 1. The maximum atomic E-state index is 14.9. The minimum atomic E-state index is -0.691. The van der Waals surface area contributed by atoms with Crippen molar-refractivity contribution in [3.05, 3.63) is 58.3 Å². The van der Waals surface area contributed by atoms with Crippen LogP contribution in [0.15, 0.2) is 30.6 Å². The average molecular weight is 470 g/mol. The second-order valence-electron chi connectivity index (χ2n) is 7.34. The fraction of sp³-hybridized carbons (Fsp3) is 0.304. The number of carbonyl (C=O) groups excluding carboxylic acids is 1. The Morgan fingerprint density at radius 1 is 1.36 bits per heavy atom. The van der Waals surface area contributed by atoms with Gasteiger partial charge in [0.05, 0.1) is 37.7 Å². The Morgan fingerprint density at radius 3 is 2.85 bits per heavy atom. The van der Waals surface area contributed by atoms with E-state index in [1.807, 2.05) is 18.1 Å². The van der Waals surface area contributed by atoms with E-state index in [-0.39, 0.29) is 39.6 Å². The van der Waals surface area contributed by atoms with E-state index in [0.717, 1.165) is 5.56 Å². The molecule has 0 radical (unpaired) electrons. The monoisotopic (exact) mass is 469 g/mol. The summed E-state index contributed by atoms with van der Waals surface area (Å²) in [6.07, 6.45) is 3.36. The molecule has 1 atom stereocenters. The zero-order chi connectivity index (χ0) is 23.5. The predicted octanol–water partition coefficient (Wildman–Crippen LogP) is 3.41. The predicted molar refractivity (Wildman–Crippen MR) is 120 cm³/mol. The van der Waals surface area contributed by atoms with Crippen molar-refractivity contribution in [3.63, 3.8) is 0 Å². The Kier molecular flexibility index (Phi) is 6.58. The molecule has 10 heteroatoms. The van der Waals surface area contributed by atoms with Gasteiger partial charge in [0.2, 0.25) is 5.95 Å². The van der Waals surface area contributed by atoms with E-state index in [1.54, 1.807) is 23.9 Å². The van der Waals surface area contributed by atoms with Crippen LogP contribution in [0.4, 0.5) is 10.3 Å². The minimum absolute atomic E-state index is 0.0365. The van der Waals surface area contributed by atoms with E-state index in [4.69, 9.17) is 21.1 Å². The van der Waals surface area contributed by atoms with Crippen LogP contribution >= 0.6 is 11.6 Å². The Bertz CT molecular complexity index is 1270. The van der Waals surface area contributed by atoms with Crippen LogP contribution in [0, 0.1) is 17.7 Å². The fourth-order valence-corrected chi connectivity index (χ4v) is 3.75. The lowest BCUT2D eigenvalue weighted by atomic mass is 10.0. The Hall–Kier alpha value is -3.48. The van der Waals surface area contributed by atoms with Gasteiger partial charge in [0.15, 0.2) is 5.69 Å². The zero-order valence-corrected chi connectivity index (χ0v) is 19.1. The maximum absolute atomic E-state index is 14.9. The number of rotatable bonds is 4. The summed E-state index contributed by atoms with van der Waals surface area (Å²) in [5.41, 5.74) is 1.40. The Balaban J connectivity index is 1.84. The van der Waals surface area contributed by atoms with Gasteiger partial charge in [-0.3, -0.25) is 4.68 Å². The van der Waals surface area contributed by atoms with E-state index in [9.17, 15) is 9.18 Å². The number of methoxy groups -OCH3 is 1. The lowest BCUT2D eigenvalue weighted by Gasteiger charge is -2.33. The van der Waals surface area contributed by atoms with Crippen molar-refractivity contribution in [3.8, 4) is 23.1 Å². The summed E-state index contributed by atoms with van der Waals surface area (Å²) < 4.78 is 27.4. The number of esters is 1. The first-order valence-corrected chi connectivity index (χ1v) is 10.5. The molecular formula is C23H21ClFN5O3. The van der Waals surface area contributed by atoms with Gasteiger partial charge in [-0.05, 0) is 25.1 Å². The number of halogens is 2. The van der Waals surface area contributed by atoms with Crippen LogP contribution in [0.25, 0.3) is 11.3 Å².